The van der Waals surface area contributed by atoms with Crippen LogP contribution in [-0.4, -0.2) is 51.7 Å². The number of thioether (sulfide) groups is 1. The van der Waals surface area contributed by atoms with Crippen molar-refractivity contribution in [3.63, 3.8) is 0 Å². The molecule has 8 nitrogen and oxygen atoms in total. The first kappa shape index (κ1) is 24.0. The molecular formula is C22H27N5O3S2. The van der Waals surface area contributed by atoms with E-state index < -0.39 is 21.2 Å². The minimum absolute atomic E-state index is 0.202. The Bertz CT molecular complexity index is 1180. The normalized spacial score (nSPS) is 12.8. The summed E-state index contributed by atoms with van der Waals surface area (Å²) in [5.41, 5.74) is 7.09. The molecule has 1 heterocycles. The average Bonchev–Trinajstić information content (AvgIpc) is 3.17. The number of primary amides is 1. The zero-order valence-corrected chi connectivity index (χ0v) is 19.9. The van der Waals surface area contributed by atoms with Crippen LogP contribution in [0.1, 0.15) is 26.3 Å². The van der Waals surface area contributed by atoms with E-state index in [4.69, 9.17) is 5.73 Å². The lowest BCUT2D eigenvalue weighted by molar-refractivity contribution is -0.117. The van der Waals surface area contributed by atoms with Crippen molar-refractivity contribution in [3.8, 4) is 11.4 Å². The number of carbonyl (C=O) groups is 1. The Morgan fingerprint density at radius 2 is 1.78 bits per heavy atom. The number of hydrogen-bond donors (Lipinski definition) is 1. The van der Waals surface area contributed by atoms with Crippen LogP contribution in [0.5, 0.6) is 0 Å². The molecule has 0 aliphatic rings. The van der Waals surface area contributed by atoms with E-state index in [2.05, 4.69) is 10.2 Å². The summed E-state index contributed by atoms with van der Waals surface area (Å²) in [6, 6.07) is 16.5. The number of hydrogen-bond acceptors (Lipinski definition) is 6. The number of aromatic nitrogens is 3. The smallest absolute Gasteiger partial charge is 0.243 e. The molecule has 32 heavy (non-hydrogen) atoms. The molecule has 1 atom stereocenters. The lowest BCUT2D eigenvalue weighted by atomic mass is 10.2. The Kier molecular flexibility index (Phi) is 7.70. The van der Waals surface area contributed by atoms with E-state index in [9.17, 15) is 13.2 Å². The van der Waals surface area contributed by atoms with Crippen molar-refractivity contribution in [2.45, 2.75) is 42.6 Å². The second-order valence-corrected chi connectivity index (χ2v) is 10.4. The van der Waals surface area contributed by atoms with Crippen molar-refractivity contribution in [2.75, 3.05) is 13.1 Å². The molecule has 0 aliphatic heterocycles. The first-order valence-corrected chi connectivity index (χ1v) is 12.6. The van der Waals surface area contributed by atoms with E-state index in [1.807, 2.05) is 48.7 Å². The fraction of sp³-hybridized carbons (Fsp3) is 0.318. The number of sulfonamides is 1. The van der Waals surface area contributed by atoms with Gasteiger partial charge in [-0.25, -0.2) is 8.42 Å². The van der Waals surface area contributed by atoms with Crippen LogP contribution >= 0.6 is 11.8 Å². The largest absolute Gasteiger partial charge is 0.369 e. The van der Waals surface area contributed by atoms with Crippen molar-refractivity contribution in [1.82, 2.24) is 19.1 Å². The zero-order chi connectivity index (χ0) is 23.3. The first-order chi connectivity index (χ1) is 15.3. The van der Waals surface area contributed by atoms with Gasteiger partial charge in [-0.05, 0) is 24.6 Å². The highest BCUT2D eigenvalue weighted by molar-refractivity contribution is 8.00. The van der Waals surface area contributed by atoms with Gasteiger partial charge < -0.3 is 5.73 Å². The van der Waals surface area contributed by atoms with Gasteiger partial charge in [0.05, 0.1) is 16.7 Å². The summed E-state index contributed by atoms with van der Waals surface area (Å²) in [4.78, 5) is 11.8. The van der Waals surface area contributed by atoms with Gasteiger partial charge in [-0.2, -0.15) is 4.31 Å². The maximum absolute atomic E-state index is 13.0. The van der Waals surface area contributed by atoms with E-state index >= 15 is 0 Å². The Labute approximate surface area is 192 Å². The van der Waals surface area contributed by atoms with E-state index in [-0.39, 0.29) is 4.90 Å². The van der Waals surface area contributed by atoms with Crippen molar-refractivity contribution in [3.05, 3.63) is 60.2 Å². The molecule has 0 bridgehead atoms. The van der Waals surface area contributed by atoms with Gasteiger partial charge in [0.2, 0.25) is 15.9 Å². The molecule has 170 valence electrons. The highest BCUT2D eigenvalue weighted by Crippen LogP contribution is 2.29. The van der Waals surface area contributed by atoms with E-state index in [1.165, 1.54) is 16.1 Å². The van der Waals surface area contributed by atoms with Crippen LogP contribution in [0.2, 0.25) is 0 Å². The molecule has 0 saturated heterocycles. The molecule has 0 fully saturated rings. The molecule has 1 amide bonds. The standard InChI is InChI=1S/C22H27N5O3S2/c1-4-26(5-2)32(29,30)19-13-9-12-18(14-19)21-24-25-22(31-16(3)20(23)28)27(21)15-17-10-7-6-8-11-17/h6-14,16H,4-5,15H2,1-3H3,(H2,23,28)/t16-/m1/s1. The minimum Gasteiger partial charge on any atom is -0.369 e. The summed E-state index contributed by atoms with van der Waals surface area (Å²) in [5.74, 6) is 0.0720. The third-order valence-corrected chi connectivity index (χ3v) is 8.16. The van der Waals surface area contributed by atoms with Crippen LogP contribution < -0.4 is 5.73 Å². The van der Waals surface area contributed by atoms with E-state index in [0.717, 1.165) is 5.56 Å². The Hall–Kier alpha value is -2.69. The van der Waals surface area contributed by atoms with Crippen LogP contribution in [0.4, 0.5) is 0 Å². The molecule has 0 saturated carbocycles. The van der Waals surface area contributed by atoms with Crippen LogP contribution in [0.3, 0.4) is 0 Å². The molecule has 0 radical (unpaired) electrons. The quantitative estimate of drug-likeness (QED) is 0.453. The molecule has 0 aliphatic carbocycles. The zero-order valence-electron chi connectivity index (χ0n) is 18.3. The summed E-state index contributed by atoms with van der Waals surface area (Å²) in [7, 11) is -3.62. The van der Waals surface area contributed by atoms with Crippen molar-refractivity contribution in [2.24, 2.45) is 5.73 Å². The van der Waals surface area contributed by atoms with Crippen LogP contribution in [-0.2, 0) is 21.4 Å². The highest BCUT2D eigenvalue weighted by Gasteiger charge is 2.24. The number of nitrogens with two attached hydrogens (primary N) is 1. The molecule has 2 aromatic carbocycles. The Morgan fingerprint density at radius 3 is 2.41 bits per heavy atom. The number of nitrogens with zero attached hydrogens (tertiary/aromatic N) is 4. The molecule has 0 unspecified atom stereocenters. The van der Waals surface area contributed by atoms with Gasteiger partial charge in [-0.3, -0.25) is 9.36 Å². The van der Waals surface area contributed by atoms with Crippen LogP contribution in [0.15, 0.2) is 64.6 Å². The fourth-order valence-corrected chi connectivity index (χ4v) is 5.53. The number of rotatable bonds is 10. The van der Waals surface area contributed by atoms with Crippen molar-refractivity contribution < 1.29 is 13.2 Å². The maximum atomic E-state index is 13.0. The molecule has 0 spiro atoms. The van der Waals surface area contributed by atoms with E-state index in [1.54, 1.807) is 31.2 Å². The number of amides is 1. The lowest BCUT2D eigenvalue weighted by Crippen LogP contribution is -2.30. The summed E-state index contributed by atoms with van der Waals surface area (Å²) in [5, 5.41) is 8.66. The minimum atomic E-state index is -3.62. The van der Waals surface area contributed by atoms with Gasteiger partial charge >= 0.3 is 0 Å². The van der Waals surface area contributed by atoms with Gasteiger partial charge in [0.15, 0.2) is 11.0 Å². The second-order valence-electron chi connectivity index (χ2n) is 7.16. The monoisotopic (exact) mass is 473 g/mol. The highest BCUT2D eigenvalue weighted by atomic mass is 32.2. The SMILES string of the molecule is CCN(CC)S(=O)(=O)c1cccc(-c2nnc(S[C@H](C)C(N)=O)n2Cc2ccccc2)c1. The number of benzene rings is 2. The maximum Gasteiger partial charge on any atom is 0.243 e. The molecule has 2 N–H and O–H groups in total. The third-order valence-electron chi connectivity index (χ3n) is 5.02. The summed E-state index contributed by atoms with van der Waals surface area (Å²) in [6.45, 7) is 6.57. The van der Waals surface area contributed by atoms with Crippen molar-refractivity contribution >= 4 is 27.7 Å². The van der Waals surface area contributed by atoms with E-state index in [0.29, 0.717) is 36.2 Å². The Balaban J connectivity index is 2.07. The Morgan fingerprint density at radius 1 is 1.09 bits per heavy atom. The fourth-order valence-electron chi connectivity index (χ4n) is 3.22. The molecule has 10 heteroatoms. The second kappa shape index (κ2) is 10.3. The van der Waals surface area contributed by atoms with Crippen LogP contribution in [0.25, 0.3) is 11.4 Å². The summed E-state index contributed by atoms with van der Waals surface area (Å²) >= 11 is 1.22. The van der Waals surface area contributed by atoms with Gasteiger partial charge in [-0.15, -0.1) is 10.2 Å². The van der Waals surface area contributed by atoms with Crippen molar-refractivity contribution in [1.29, 1.82) is 0 Å². The molecular weight excluding hydrogens is 446 g/mol. The predicted octanol–water partition coefficient (Wildman–Crippen LogP) is 2.99. The molecule has 3 aromatic rings. The molecule has 3 rings (SSSR count). The average molecular weight is 474 g/mol. The molecule has 1 aromatic heterocycles. The summed E-state index contributed by atoms with van der Waals surface area (Å²) in [6.07, 6.45) is 0. The lowest BCUT2D eigenvalue weighted by Gasteiger charge is -2.19. The van der Waals surface area contributed by atoms with Gasteiger partial charge in [0, 0.05) is 18.7 Å². The van der Waals surface area contributed by atoms with Gasteiger partial charge in [0.25, 0.3) is 0 Å². The first-order valence-electron chi connectivity index (χ1n) is 10.3. The third kappa shape index (κ3) is 5.20. The van der Waals surface area contributed by atoms with Gasteiger partial charge in [-0.1, -0.05) is 68.1 Å². The van der Waals surface area contributed by atoms with Gasteiger partial charge in [0.1, 0.15) is 0 Å². The van der Waals surface area contributed by atoms with Crippen LogP contribution in [0, 0.1) is 0 Å². The summed E-state index contributed by atoms with van der Waals surface area (Å²) < 4.78 is 29.3. The predicted molar refractivity (Wildman–Crippen MR) is 126 cm³/mol. The number of carbonyl (C=O) groups excluding carboxylic acids is 1. The topological polar surface area (TPSA) is 111 Å².